The van der Waals surface area contributed by atoms with Crippen LogP contribution in [-0.4, -0.2) is 30.7 Å². The number of hydrogen-bond acceptors (Lipinski definition) is 3. The molecule has 1 rings (SSSR count). The van der Waals surface area contributed by atoms with E-state index < -0.39 is 17.1 Å². The SMILES string of the molecule is C=C(C)C(=O)OC(C)(C(Cl)c1ccccc1)N(C)C. The van der Waals surface area contributed by atoms with Crippen LogP contribution >= 0.6 is 11.6 Å². The van der Waals surface area contributed by atoms with Gasteiger partial charge < -0.3 is 4.74 Å². The first-order chi connectivity index (χ1) is 8.79. The van der Waals surface area contributed by atoms with Crippen LogP contribution in [0.4, 0.5) is 0 Å². The van der Waals surface area contributed by atoms with Crippen LogP contribution in [-0.2, 0) is 9.53 Å². The minimum atomic E-state index is -0.945. The molecule has 0 aliphatic carbocycles. The standard InChI is InChI=1S/C15H20ClNO2/c1-11(2)14(18)19-15(3,17(4)5)13(16)12-9-7-6-8-10-12/h6-10,13H,1H2,2-5H3. The van der Waals surface area contributed by atoms with E-state index in [1.165, 1.54) is 0 Å². The van der Waals surface area contributed by atoms with E-state index in [4.69, 9.17) is 16.3 Å². The molecule has 0 N–H and O–H groups in total. The number of halogens is 1. The Balaban J connectivity index is 3.06. The highest BCUT2D eigenvalue weighted by atomic mass is 35.5. The lowest BCUT2D eigenvalue weighted by Gasteiger charge is -2.39. The van der Waals surface area contributed by atoms with Crippen molar-refractivity contribution < 1.29 is 9.53 Å². The number of hydrogen-bond donors (Lipinski definition) is 0. The van der Waals surface area contributed by atoms with Gasteiger partial charge in [0.05, 0.1) is 0 Å². The summed E-state index contributed by atoms with van der Waals surface area (Å²) in [6.07, 6.45) is 0. The fraction of sp³-hybridized carbons (Fsp3) is 0.400. The van der Waals surface area contributed by atoms with Crippen LogP contribution in [0.15, 0.2) is 42.5 Å². The quantitative estimate of drug-likeness (QED) is 0.359. The summed E-state index contributed by atoms with van der Waals surface area (Å²) >= 11 is 6.51. The molecule has 1 aromatic carbocycles. The van der Waals surface area contributed by atoms with Crippen molar-refractivity contribution in [1.29, 1.82) is 0 Å². The molecule has 2 atom stereocenters. The van der Waals surface area contributed by atoms with Crippen molar-refractivity contribution >= 4 is 17.6 Å². The van der Waals surface area contributed by atoms with E-state index in [1.54, 1.807) is 18.7 Å². The summed E-state index contributed by atoms with van der Waals surface area (Å²) in [6.45, 7) is 7.00. The molecule has 104 valence electrons. The average molecular weight is 282 g/mol. The van der Waals surface area contributed by atoms with Crippen molar-refractivity contribution in [3.05, 3.63) is 48.0 Å². The van der Waals surface area contributed by atoms with Gasteiger partial charge in [-0.1, -0.05) is 36.9 Å². The zero-order valence-electron chi connectivity index (χ0n) is 11.8. The van der Waals surface area contributed by atoms with Crippen molar-refractivity contribution in [3.63, 3.8) is 0 Å². The molecule has 0 aliphatic heterocycles. The molecule has 0 amide bonds. The molecule has 0 saturated carbocycles. The van der Waals surface area contributed by atoms with Gasteiger partial charge >= 0.3 is 5.97 Å². The van der Waals surface area contributed by atoms with E-state index in [0.717, 1.165) is 5.56 Å². The fourth-order valence-corrected chi connectivity index (χ4v) is 1.96. The van der Waals surface area contributed by atoms with E-state index in [1.807, 2.05) is 44.4 Å². The molecular weight excluding hydrogens is 262 g/mol. The Hall–Kier alpha value is -1.32. The molecule has 0 heterocycles. The summed E-state index contributed by atoms with van der Waals surface area (Å²) < 4.78 is 5.53. The van der Waals surface area contributed by atoms with Gasteiger partial charge in [0.25, 0.3) is 0 Å². The minimum absolute atomic E-state index is 0.352. The lowest BCUT2D eigenvalue weighted by molar-refractivity contribution is -0.171. The van der Waals surface area contributed by atoms with Gasteiger partial charge in [0, 0.05) is 5.57 Å². The number of likely N-dealkylation sites (N-methyl/N-ethyl adjacent to an activating group) is 1. The third-order valence-electron chi connectivity index (χ3n) is 3.10. The number of nitrogens with zero attached hydrogens (tertiary/aromatic N) is 1. The first kappa shape index (κ1) is 15.7. The Morgan fingerprint density at radius 3 is 2.32 bits per heavy atom. The molecule has 1 aromatic rings. The van der Waals surface area contributed by atoms with Crippen molar-refractivity contribution in [1.82, 2.24) is 4.90 Å². The molecule has 0 radical (unpaired) electrons. The second-order valence-corrected chi connectivity index (χ2v) is 5.33. The highest BCUT2D eigenvalue weighted by Crippen LogP contribution is 2.37. The van der Waals surface area contributed by atoms with Gasteiger partial charge in [-0.05, 0) is 33.5 Å². The normalized spacial score (nSPS) is 15.7. The number of carbonyl (C=O) groups excluding carboxylic acids is 1. The lowest BCUT2D eigenvalue weighted by Crippen LogP contribution is -2.48. The van der Waals surface area contributed by atoms with Gasteiger partial charge in [-0.3, -0.25) is 4.90 Å². The molecule has 0 aromatic heterocycles. The van der Waals surface area contributed by atoms with E-state index >= 15 is 0 Å². The second-order valence-electron chi connectivity index (χ2n) is 4.89. The van der Waals surface area contributed by atoms with Crippen molar-refractivity contribution in [3.8, 4) is 0 Å². The molecule has 3 nitrogen and oxygen atoms in total. The molecule has 0 fully saturated rings. The van der Waals surface area contributed by atoms with E-state index in [-0.39, 0.29) is 0 Å². The Kier molecular flexibility index (Phi) is 5.15. The maximum Gasteiger partial charge on any atom is 0.334 e. The third-order valence-corrected chi connectivity index (χ3v) is 3.76. The maximum absolute atomic E-state index is 11.8. The van der Waals surface area contributed by atoms with Gasteiger partial charge in [0.2, 0.25) is 0 Å². The van der Waals surface area contributed by atoms with Gasteiger partial charge in [-0.25, -0.2) is 4.79 Å². The van der Waals surface area contributed by atoms with Crippen LogP contribution in [0.2, 0.25) is 0 Å². The molecule has 0 spiro atoms. The molecular formula is C15H20ClNO2. The molecule has 19 heavy (non-hydrogen) atoms. The molecule has 0 bridgehead atoms. The van der Waals surface area contributed by atoms with Gasteiger partial charge in [0.1, 0.15) is 5.38 Å². The summed E-state index contributed by atoms with van der Waals surface area (Å²) in [4.78, 5) is 13.6. The largest absolute Gasteiger partial charge is 0.439 e. The Labute approximate surface area is 119 Å². The average Bonchev–Trinajstić information content (AvgIpc) is 2.38. The topological polar surface area (TPSA) is 29.5 Å². The predicted octanol–water partition coefficient (Wildman–Crippen LogP) is 3.36. The van der Waals surface area contributed by atoms with E-state index in [2.05, 4.69) is 6.58 Å². The Morgan fingerprint density at radius 1 is 1.37 bits per heavy atom. The second kappa shape index (κ2) is 6.22. The molecule has 0 saturated heterocycles. The summed E-state index contributed by atoms with van der Waals surface area (Å²) in [5.41, 5.74) is 0.304. The van der Waals surface area contributed by atoms with E-state index in [0.29, 0.717) is 5.57 Å². The summed E-state index contributed by atoms with van der Waals surface area (Å²) in [6, 6.07) is 9.55. The highest BCUT2D eigenvalue weighted by molar-refractivity contribution is 6.21. The van der Waals surface area contributed by atoms with Crippen LogP contribution in [0.5, 0.6) is 0 Å². The van der Waals surface area contributed by atoms with Gasteiger partial charge in [-0.15, -0.1) is 11.6 Å². The molecule has 2 unspecified atom stereocenters. The number of rotatable bonds is 5. The predicted molar refractivity (Wildman–Crippen MR) is 78.0 cm³/mol. The molecule has 0 aliphatic rings. The van der Waals surface area contributed by atoms with Crippen LogP contribution < -0.4 is 0 Å². The number of ether oxygens (including phenoxy) is 1. The monoisotopic (exact) mass is 281 g/mol. The third kappa shape index (κ3) is 3.58. The minimum Gasteiger partial charge on any atom is -0.439 e. The first-order valence-corrected chi connectivity index (χ1v) is 6.48. The Morgan fingerprint density at radius 2 is 1.89 bits per heavy atom. The summed E-state index contributed by atoms with van der Waals surface area (Å²) in [5, 5.41) is -0.480. The number of carbonyl (C=O) groups is 1. The summed E-state index contributed by atoms with van der Waals surface area (Å²) in [7, 11) is 3.65. The number of benzene rings is 1. The number of esters is 1. The highest BCUT2D eigenvalue weighted by Gasteiger charge is 2.40. The van der Waals surface area contributed by atoms with Crippen LogP contribution in [0, 0.1) is 0 Å². The van der Waals surface area contributed by atoms with Crippen LogP contribution in [0.3, 0.4) is 0 Å². The zero-order chi connectivity index (χ0) is 14.6. The maximum atomic E-state index is 11.8. The Bertz CT molecular complexity index is 458. The van der Waals surface area contributed by atoms with Gasteiger partial charge in [0.15, 0.2) is 5.72 Å². The lowest BCUT2D eigenvalue weighted by atomic mass is 10.0. The van der Waals surface area contributed by atoms with Crippen LogP contribution in [0.1, 0.15) is 24.8 Å². The first-order valence-electron chi connectivity index (χ1n) is 6.04. The number of alkyl halides is 1. The fourth-order valence-electron chi connectivity index (χ4n) is 1.58. The molecule has 4 heteroatoms. The van der Waals surface area contributed by atoms with Gasteiger partial charge in [-0.2, -0.15) is 0 Å². The summed E-state index contributed by atoms with van der Waals surface area (Å²) in [5.74, 6) is -0.446. The van der Waals surface area contributed by atoms with Crippen molar-refractivity contribution in [2.75, 3.05) is 14.1 Å². The van der Waals surface area contributed by atoms with Crippen molar-refractivity contribution in [2.45, 2.75) is 24.9 Å². The zero-order valence-corrected chi connectivity index (χ0v) is 12.6. The van der Waals surface area contributed by atoms with E-state index in [9.17, 15) is 4.79 Å². The van der Waals surface area contributed by atoms with Crippen molar-refractivity contribution in [2.24, 2.45) is 0 Å². The smallest absolute Gasteiger partial charge is 0.334 e. The van der Waals surface area contributed by atoms with Crippen LogP contribution in [0.25, 0.3) is 0 Å².